The van der Waals surface area contributed by atoms with Crippen LogP contribution in [-0.4, -0.2) is 22.8 Å². The molecule has 0 atom stereocenters. The van der Waals surface area contributed by atoms with Gasteiger partial charge in [-0.1, -0.05) is 0 Å². The van der Waals surface area contributed by atoms with E-state index in [1.54, 1.807) is 20.8 Å². The maximum absolute atomic E-state index is 13.5. The van der Waals surface area contributed by atoms with Gasteiger partial charge in [0.05, 0.1) is 11.3 Å². The molecular formula is C13H14F3NO4. The predicted octanol–water partition coefficient (Wildman–Crippen LogP) is 3.35. The molecule has 0 saturated carbocycles. The molecule has 21 heavy (non-hydrogen) atoms. The Morgan fingerprint density at radius 1 is 1.24 bits per heavy atom. The first-order valence-corrected chi connectivity index (χ1v) is 5.85. The third kappa shape index (κ3) is 4.37. The van der Waals surface area contributed by atoms with Gasteiger partial charge >= 0.3 is 18.0 Å². The highest BCUT2D eigenvalue weighted by molar-refractivity contribution is 5.88. The van der Waals surface area contributed by atoms with E-state index >= 15 is 0 Å². The minimum absolute atomic E-state index is 0.348. The minimum Gasteiger partial charge on any atom is -0.477 e. The van der Waals surface area contributed by atoms with Crippen molar-refractivity contribution in [1.29, 1.82) is 0 Å². The average molecular weight is 305 g/mol. The maximum atomic E-state index is 13.5. The van der Waals surface area contributed by atoms with Crippen molar-refractivity contribution in [1.82, 2.24) is 0 Å². The molecule has 1 aromatic rings. The standard InChI is InChI=1S/C13H14F3NO4/c1-12(2,3)21-11(20)17-9-5-4-7(14)6-8(9)13(15,16)10(18)19/h4-6H,1-3H3,(H,17,20)(H,18,19). The van der Waals surface area contributed by atoms with Crippen molar-refractivity contribution >= 4 is 17.7 Å². The number of carboxylic acid groups (broad SMARTS) is 1. The first kappa shape index (κ1) is 16.8. The fourth-order valence-corrected chi connectivity index (χ4v) is 1.41. The molecule has 0 heterocycles. The zero-order valence-electron chi connectivity index (χ0n) is 11.5. The third-order valence-electron chi connectivity index (χ3n) is 2.22. The van der Waals surface area contributed by atoms with E-state index in [0.29, 0.717) is 6.07 Å². The molecule has 0 radical (unpaired) electrons. The van der Waals surface area contributed by atoms with Gasteiger partial charge < -0.3 is 9.84 Å². The normalized spacial score (nSPS) is 11.9. The van der Waals surface area contributed by atoms with Gasteiger partial charge in [0.2, 0.25) is 0 Å². The third-order valence-corrected chi connectivity index (χ3v) is 2.22. The Kier molecular flexibility index (Phi) is 4.50. The highest BCUT2D eigenvalue weighted by atomic mass is 19.3. The summed E-state index contributed by atoms with van der Waals surface area (Å²) in [6.07, 6.45) is -1.06. The molecule has 5 nitrogen and oxygen atoms in total. The smallest absolute Gasteiger partial charge is 0.412 e. The van der Waals surface area contributed by atoms with Crippen LogP contribution >= 0.6 is 0 Å². The van der Waals surface area contributed by atoms with Crippen molar-refractivity contribution in [3.05, 3.63) is 29.6 Å². The number of nitrogens with one attached hydrogen (secondary N) is 1. The Bertz CT molecular complexity index is 567. The number of carboxylic acids is 1. The van der Waals surface area contributed by atoms with Gasteiger partial charge in [0.1, 0.15) is 11.4 Å². The molecule has 0 spiro atoms. The second-order valence-electron chi connectivity index (χ2n) is 5.20. The summed E-state index contributed by atoms with van der Waals surface area (Å²) >= 11 is 0. The zero-order valence-corrected chi connectivity index (χ0v) is 11.5. The molecule has 0 fully saturated rings. The van der Waals surface area contributed by atoms with Gasteiger partial charge in [-0.3, -0.25) is 5.32 Å². The first-order valence-electron chi connectivity index (χ1n) is 5.85. The van der Waals surface area contributed by atoms with Crippen molar-refractivity contribution in [2.45, 2.75) is 32.3 Å². The van der Waals surface area contributed by atoms with Gasteiger partial charge in [-0.25, -0.2) is 14.0 Å². The van der Waals surface area contributed by atoms with Crippen LogP contribution in [0.3, 0.4) is 0 Å². The van der Waals surface area contributed by atoms with E-state index in [1.165, 1.54) is 0 Å². The predicted molar refractivity (Wildman–Crippen MR) is 67.8 cm³/mol. The fraction of sp³-hybridized carbons (Fsp3) is 0.385. The average Bonchev–Trinajstić information content (AvgIpc) is 2.28. The summed E-state index contributed by atoms with van der Waals surface area (Å²) in [5, 5.41) is 10.5. The molecule has 1 amide bonds. The first-order chi connectivity index (χ1) is 9.43. The van der Waals surface area contributed by atoms with Crippen LogP contribution < -0.4 is 5.32 Å². The topological polar surface area (TPSA) is 75.6 Å². The summed E-state index contributed by atoms with van der Waals surface area (Å²) < 4.78 is 45.0. The molecule has 0 saturated heterocycles. The van der Waals surface area contributed by atoms with E-state index in [1.807, 2.05) is 5.32 Å². The van der Waals surface area contributed by atoms with E-state index in [0.717, 1.165) is 12.1 Å². The van der Waals surface area contributed by atoms with E-state index in [-0.39, 0.29) is 0 Å². The number of carbonyl (C=O) groups excluding carboxylic acids is 1. The van der Waals surface area contributed by atoms with Crippen LogP contribution in [0.1, 0.15) is 26.3 Å². The van der Waals surface area contributed by atoms with Crippen LogP contribution in [0.5, 0.6) is 0 Å². The maximum Gasteiger partial charge on any atom is 0.412 e. The van der Waals surface area contributed by atoms with Crippen molar-refractivity contribution in [2.24, 2.45) is 0 Å². The molecule has 1 rings (SSSR count). The number of benzene rings is 1. The van der Waals surface area contributed by atoms with E-state index < -0.39 is 40.7 Å². The summed E-state index contributed by atoms with van der Waals surface area (Å²) in [5.41, 5.74) is -2.58. The van der Waals surface area contributed by atoms with Crippen LogP contribution in [-0.2, 0) is 15.5 Å². The Balaban J connectivity index is 3.14. The lowest BCUT2D eigenvalue weighted by Crippen LogP contribution is -2.30. The number of rotatable bonds is 3. The zero-order chi connectivity index (χ0) is 16.4. The molecular weight excluding hydrogens is 291 g/mol. The molecule has 1 aromatic carbocycles. The SMILES string of the molecule is CC(C)(C)OC(=O)Nc1ccc(F)cc1C(F)(F)C(=O)O. The van der Waals surface area contributed by atoms with Crippen LogP contribution in [0.4, 0.5) is 23.7 Å². The van der Waals surface area contributed by atoms with Crippen LogP contribution in [0, 0.1) is 5.82 Å². The number of hydrogen-bond acceptors (Lipinski definition) is 3. The number of hydrogen-bond donors (Lipinski definition) is 2. The van der Waals surface area contributed by atoms with Gasteiger partial charge in [-0.15, -0.1) is 0 Å². The molecule has 0 aliphatic rings. The molecule has 0 aliphatic heterocycles. The summed E-state index contributed by atoms with van der Waals surface area (Å²) in [7, 11) is 0. The minimum atomic E-state index is -4.35. The number of anilines is 1. The molecule has 0 unspecified atom stereocenters. The Hall–Kier alpha value is -2.25. The summed E-state index contributed by atoms with van der Waals surface area (Å²) in [4.78, 5) is 22.1. The van der Waals surface area contributed by atoms with Gasteiger partial charge in [0, 0.05) is 0 Å². The Morgan fingerprint density at radius 3 is 2.29 bits per heavy atom. The molecule has 2 N–H and O–H groups in total. The number of alkyl halides is 2. The molecule has 0 aromatic heterocycles. The van der Waals surface area contributed by atoms with Crippen molar-refractivity contribution < 1.29 is 32.6 Å². The lowest BCUT2D eigenvalue weighted by molar-refractivity contribution is -0.166. The van der Waals surface area contributed by atoms with Crippen molar-refractivity contribution in [3.63, 3.8) is 0 Å². The number of carbonyl (C=O) groups is 2. The monoisotopic (exact) mass is 305 g/mol. The van der Waals surface area contributed by atoms with Gasteiger partial charge in [-0.05, 0) is 39.0 Å². The number of amides is 1. The molecule has 0 bridgehead atoms. The van der Waals surface area contributed by atoms with Crippen molar-refractivity contribution in [3.8, 4) is 0 Å². The lowest BCUT2D eigenvalue weighted by atomic mass is 10.1. The van der Waals surface area contributed by atoms with Gasteiger partial charge in [0.25, 0.3) is 0 Å². The van der Waals surface area contributed by atoms with Crippen molar-refractivity contribution in [2.75, 3.05) is 5.32 Å². The highest BCUT2D eigenvalue weighted by Gasteiger charge is 2.43. The molecule has 0 aliphatic carbocycles. The van der Waals surface area contributed by atoms with Crippen LogP contribution in [0.15, 0.2) is 18.2 Å². The molecule has 8 heteroatoms. The van der Waals surface area contributed by atoms with Gasteiger partial charge in [-0.2, -0.15) is 8.78 Å². The van der Waals surface area contributed by atoms with E-state index in [9.17, 15) is 22.8 Å². The van der Waals surface area contributed by atoms with E-state index in [4.69, 9.17) is 9.84 Å². The van der Waals surface area contributed by atoms with Crippen LogP contribution in [0.2, 0.25) is 0 Å². The number of aliphatic carboxylic acids is 1. The highest BCUT2D eigenvalue weighted by Crippen LogP contribution is 2.34. The quantitative estimate of drug-likeness (QED) is 0.898. The second-order valence-corrected chi connectivity index (χ2v) is 5.20. The lowest BCUT2D eigenvalue weighted by Gasteiger charge is -2.21. The number of ether oxygens (including phenoxy) is 1. The fourth-order valence-electron chi connectivity index (χ4n) is 1.41. The summed E-state index contributed by atoms with van der Waals surface area (Å²) in [5.74, 6) is -7.87. The van der Waals surface area contributed by atoms with Crippen LogP contribution in [0.25, 0.3) is 0 Å². The van der Waals surface area contributed by atoms with E-state index in [2.05, 4.69) is 0 Å². The Labute approximate surface area is 118 Å². The number of halogens is 3. The molecule has 116 valence electrons. The van der Waals surface area contributed by atoms with Gasteiger partial charge in [0.15, 0.2) is 0 Å². The second kappa shape index (κ2) is 5.63. The Morgan fingerprint density at radius 2 is 1.81 bits per heavy atom. The largest absolute Gasteiger partial charge is 0.477 e. The summed E-state index contributed by atoms with van der Waals surface area (Å²) in [6, 6.07) is 2.00. The summed E-state index contributed by atoms with van der Waals surface area (Å²) in [6.45, 7) is 4.68.